The predicted molar refractivity (Wildman–Crippen MR) is 137 cm³/mol. The number of hydrogen-bond donors (Lipinski definition) is 1. The number of nitrogens with one attached hydrogen (secondary N) is 1. The van der Waals surface area contributed by atoms with E-state index in [1.165, 1.54) is 17.0 Å². The number of hydrogen-bond acceptors (Lipinski definition) is 5. The van der Waals surface area contributed by atoms with Crippen LogP contribution in [0.4, 0.5) is 18.9 Å². The Kier molecular flexibility index (Phi) is 7.61. The van der Waals surface area contributed by atoms with Crippen LogP contribution >= 0.6 is 12.4 Å². The number of rotatable bonds is 5. The molecule has 8 nitrogen and oxygen atoms in total. The molecule has 0 bridgehead atoms. The van der Waals surface area contributed by atoms with Crippen LogP contribution in [0.3, 0.4) is 0 Å². The number of nitrogens with zero attached hydrogens (tertiary/aromatic N) is 4. The van der Waals surface area contributed by atoms with Crippen LogP contribution in [-0.2, 0) is 20.5 Å². The van der Waals surface area contributed by atoms with Gasteiger partial charge in [-0.15, -0.1) is 12.4 Å². The van der Waals surface area contributed by atoms with E-state index in [2.05, 4.69) is 10.3 Å². The lowest BCUT2D eigenvalue weighted by molar-refractivity contribution is -0.137. The summed E-state index contributed by atoms with van der Waals surface area (Å²) in [4.78, 5) is 36.7. The van der Waals surface area contributed by atoms with Gasteiger partial charge in [0.1, 0.15) is 12.3 Å². The highest BCUT2D eigenvalue weighted by molar-refractivity contribution is 6.47. The number of ether oxygens (including phenoxy) is 1. The van der Waals surface area contributed by atoms with E-state index in [4.69, 9.17) is 9.73 Å². The van der Waals surface area contributed by atoms with E-state index in [1.54, 1.807) is 18.5 Å². The first-order valence-electron chi connectivity index (χ1n) is 11.7. The Balaban J connectivity index is 0.00000336. The molecule has 1 N–H and O–H groups in total. The molecule has 12 heteroatoms. The van der Waals surface area contributed by atoms with E-state index in [0.29, 0.717) is 25.0 Å². The average Bonchev–Trinajstić information content (AvgIpc) is 3.41. The molecule has 2 aliphatic rings. The van der Waals surface area contributed by atoms with Crippen LogP contribution in [0.1, 0.15) is 29.7 Å². The minimum atomic E-state index is -4.54. The number of halogens is 4. The zero-order valence-electron chi connectivity index (χ0n) is 20.4. The molecule has 200 valence electrons. The Morgan fingerprint density at radius 1 is 1.18 bits per heavy atom. The topological polar surface area (TPSA) is 88.8 Å². The summed E-state index contributed by atoms with van der Waals surface area (Å²) in [6, 6.07) is 11.6. The summed E-state index contributed by atoms with van der Waals surface area (Å²) in [7, 11) is 0. The fourth-order valence-electron chi connectivity index (χ4n) is 4.58. The van der Waals surface area contributed by atoms with E-state index in [0.717, 1.165) is 23.5 Å². The third kappa shape index (κ3) is 5.44. The van der Waals surface area contributed by atoms with Gasteiger partial charge < -0.3 is 19.5 Å². The number of amides is 2. The molecular weight excluding hydrogens is 523 g/mol. The van der Waals surface area contributed by atoms with Gasteiger partial charge in [0, 0.05) is 29.7 Å². The summed E-state index contributed by atoms with van der Waals surface area (Å²) in [6.45, 7) is 2.16. The highest BCUT2D eigenvalue weighted by Gasteiger charge is 2.49. The van der Waals surface area contributed by atoms with Crippen LogP contribution in [0.15, 0.2) is 66.0 Å². The molecule has 3 aromatic rings. The van der Waals surface area contributed by atoms with Crippen molar-refractivity contribution in [2.24, 2.45) is 4.99 Å². The maximum atomic E-state index is 13.5. The van der Waals surface area contributed by atoms with Gasteiger partial charge in [-0.05, 0) is 50.1 Å². The Labute approximate surface area is 222 Å². The molecule has 3 heterocycles. The van der Waals surface area contributed by atoms with Crippen molar-refractivity contribution in [3.05, 3.63) is 77.9 Å². The number of aromatic nitrogens is 2. The number of benzene rings is 2. The second kappa shape index (κ2) is 10.6. The lowest BCUT2D eigenvalue weighted by Crippen LogP contribution is -2.54. The normalized spacial score (nSPS) is 19.3. The second-order valence-electron chi connectivity index (χ2n) is 9.09. The van der Waals surface area contributed by atoms with Crippen molar-refractivity contribution in [1.29, 1.82) is 0 Å². The van der Waals surface area contributed by atoms with Crippen molar-refractivity contribution in [1.82, 2.24) is 14.5 Å². The molecule has 0 saturated carbocycles. The lowest BCUT2D eigenvalue weighted by Gasteiger charge is -2.38. The number of carbonyl (C=O) groups excluding carboxylic acids is 2. The van der Waals surface area contributed by atoms with Gasteiger partial charge in [0.05, 0.1) is 24.2 Å². The van der Waals surface area contributed by atoms with Crippen LogP contribution < -0.4 is 5.32 Å². The maximum absolute atomic E-state index is 13.5. The van der Waals surface area contributed by atoms with Gasteiger partial charge in [0.2, 0.25) is 5.91 Å². The number of alkyl halides is 3. The van der Waals surface area contributed by atoms with Crippen LogP contribution in [0.5, 0.6) is 0 Å². The van der Waals surface area contributed by atoms with Gasteiger partial charge >= 0.3 is 6.18 Å². The fraction of sp³-hybridized carbons (Fsp3) is 0.308. The van der Waals surface area contributed by atoms with Crippen LogP contribution in [0.2, 0.25) is 0 Å². The molecule has 2 amide bonds. The maximum Gasteiger partial charge on any atom is 0.416 e. The lowest BCUT2D eigenvalue weighted by atomic mass is 10.0. The van der Waals surface area contributed by atoms with Crippen molar-refractivity contribution in [3.8, 4) is 5.69 Å². The molecule has 2 aromatic carbocycles. The first kappa shape index (κ1) is 27.3. The number of aliphatic imine (C=N–C) groups is 1. The van der Waals surface area contributed by atoms with Crippen LogP contribution in [0, 0.1) is 6.92 Å². The van der Waals surface area contributed by atoms with E-state index >= 15 is 0 Å². The number of aryl methyl sites for hydroxylation is 1. The molecule has 5 rings (SSSR count). The van der Waals surface area contributed by atoms with Gasteiger partial charge in [-0.1, -0.05) is 18.2 Å². The quantitative estimate of drug-likeness (QED) is 0.513. The minimum Gasteiger partial charge on any atom is -0.377 e. The Morgan fingerprint density at radius 2 is 1.95 bits per heavy atom. The first-order chi connectivity index (χ1) is 17.6. The van der Waals surface area contributed by atoms with Gasteiger partial charge in [0.25, 0.3) is 5.91 Å². The summed E-state index contributed by atoms with van der Waals surface area (Å²) < 4.78 is 46.6. The number of carbonyl (C=O) groups is 2. The summed E-state index contributed by atoms with van der Waals surface area (Å²) in [5.74, 6) is -1.06. The van der Waals surface area contributed by atoms with Crippen molar-refractivity contribution in [2.75, 3.05) is 25.1 Å². The van der Waals surface area contributed by atoms with Gasteiger partial charge in [-0.25, -0.2) is 9.98 Å². The molecule has 1 aromatic heterocycles. The molecule has 1 atom stereocenters. The highest BCUT2D eigenvalue weighted by atomic mass is 35.5. The van der Waals surface area contributed by atoms with Gasteiger partial charge in [-0.2, -0.15) is 13.2 Å². The third-order valence-electron chi connectivity index (χ3n) is 6.40. The van der Waals surface area contributed by atoms with Gasteiger partial charge in [-0.3, -0.25) is 9.59 Å². The monoisotopic (exact) mass is 547 g/mol. The average molecular weight is 548 g/mol. The smallest absolute Gasteiger partial charge is 0.377 e. The molecule has 2 aliphatic heterocycles. The summed E-state index contributed by atoms with van der Waals surface area (Å²) >= 11 is 0. The Bertz CT molecular complexity index is 1360. The summed E-state index contributed by atoms with van der Waals surface area (Å²) in [5, 5.41) is 2.47. The SMILES string of the molecule is Cc1cn(-c2ccc(C3=NC4(CCCOC4)N(CC(=O)Nc4cccc(C(F)(F)F)c4)C3=O)cc2)cn1.Cl. The van der Waals surface area contributed by atoms with E-state index in [9.17, 15) is 22.8 Å². The largest absolute Gasteiger partial charge is 0.416 e. The van der Waals surface area contributed by atoms with Crippen molar-refractivity contribution in [2.45, 2.75) is 31.6 Å². The highest BCUT2D eigenvalue weighted by Crippen LogP contribution is 2.35. The molecule has 1 unspecified atom stereocenters. The molecule has 38 heavy (non-hydrogen) atoms. The van der Waals surface area contributed by atoms with Crippen molar-refractivity contribution < 1.29 is 27.5 Å². The third-order valence-corrected chi connectivity index (χ3v) is 6.40. The Morgan fingerprint density at radius 3 is 2.58 bits per heavy atom. The molecule has 0 radical (unpaired) electrons. The first-order valence-corrected chi connectivity index (χ1v) is 11.7. The zero-order chi connectivity index (χ0) is 26.2. The number of anilines is 1. The van der Waals surface area contributed by atoms with Crippen molar-refractivity contribution in [3.63, 3.8) is 0 Å². The predicted octanol–water partition coefficient (Wildman–Crippen LogP) is 4.40. The second-order valence-corrected chi connectivity index (χ2v) is 9.09. The summed E-state index contributed by atoms with van der Waals surface area (Å²) in [6.07, 6.45) is 0.193. The van der Waals surface area contributed by atoms with E-state index < -0.39 is 29.2 Å². The standard InChI is InChI=1S/C26H24F3N5O3.ClH/c1-17-13-33(16-30-17)21-8-6-18(7-9-21)23-24(36)34(25(32-23)10-3-11-37-15-25)14-22(35)31-20-5-2-4-19(12-20)26(27,28)29;/h2,4-9,12-13,16H,3,10-11,14-15H2,1H3,(H,31,35);1H. The zero-order valence-corrected chi connectivity index (χ0v) is 21.2. The minimum absolute atomic E-state index is 0. The molecule has 0 aliphatic carbocycles. The Hall–Kier alpha value is -3.70. The van der Waals surface area contributed by atoms with Crippen LogP contribution in [-0.4, -0.2) is 57.4 Å². The molecule has 1 fully saturated rings. The van der Waals surface area contributed by atoms with E-state index in [-0.39, 0.29) is 37.0 Å². The molecule has 1 spiro atoms. The molecule has 1 saturated heterocycles. The number of imidazole rings is 1. The van der Waals surface area contributed by atoms with Crippen LogP contribution in [0.25, 0.3) is 5.69 Å². The fourth-order valence-corrected chi connectivity index (χ4v) is 4.58. The van der Waals surface area contributed by atoms with Gasteiger partial charge in [0.15, 0.2) is 5.66 Å². The molecular formula is C26H25ClF3N5O3. The van der Waals surface area contributed by atoms with Crippen molar-refractivity contribution >= 4 is 35.6 Å². The van der Waals surface area contributed by atoms with E-state index in [1.807, 2.05) is 29.8 Å². The summed E-state index contributed by atoms with van der Waals surface area (Å²) in [5.41, 5.74) is 0.616.